The molecule has 3 N–H and O–H groups in total. The number of aryl methyl sites for hydroxylation is 1. The third-order valence-electron chi connectivity index (χ3n) is 4.24. The molecule has 1 aromatic carbocycles. The number of benzene rings is 1. The summed E-state index contributed by atoms with van der Waals surface area (Å²) in [6.07, 6.45) is 7.72. The number of nitrogens with two attached hydrogens (primary N) is 1. The molecule has 7 nitrogen and oxygen atoms in total. The number of carbonyl (C=O) groups is 1. The van der Waals surface area contributed by atoms with E-state index in [9.17, 15) is 4.79 Å². The monoisotopic (exact) mass is 424 g/mol. The van der Waals surface area contributed by atoms with Crippen LogP contribution in [0.4, 0.5) is 0 Å². The molecule has 1 unspecified atom stereocenters. The van der Waals surface area contributed by atoms with Crippen LogP contribution < -0.4 is 11.1 Å². The molecule has 152 valence electrons. The first-order valence-corrected chi connectivity index (χ1v) is 8.60. The second kappa shape index (κ2) is 10.8. The molecule has 0 aliphatic rings. The zero-order valence-corrected chi connectivity index (χ0v) is 17.5. The number of halogens is 2. The van der Waals surface area contributed by atoms with Crippen LogP contribution in [0.5, 0.6) is 0 Å². The molecule has 28 heavy (non-hydrogen) atoms. The fourth-order valence-corrected chi connectivity index (χ4v) is 2.78. The van der Waals surface area contributed by atoms with Crippen molar-refractivity contribution >= 4 is 30.7 Å². The highest BCUT2D eigenvalue weighted by Crippen LogP contribution is 2.11. The van der Waals surface area contributed by atoms with Crippen LogP contribution in [0.15, 0.2) is 55.2 Å². The van der Waals surface area contributed by atoms with E-state index in [0.29, 0.717) is 6.42 Å². The zero-order valence-electron chi connectivity index (χ0n) is 15.9. The lowest BCUT2D eigenvalue weighted by molar-refractivity contribution is -0.123. The van der Waals surface area contributed by atoms with Crippen molar-refractivity contribution in [3.63, 3.8) is 0 Å². The lowest BCUT2D eigenvalue weighted by Gasteiger charge is -2.16. The second-order valence-corrected chi connectivity index (χ2v) is 6.51. The summed E-state index contributed by atoms with van der Waals surface area (Å²) in [5, 5.41) is 7.04. The molecular weight excluding hydrogens is 399 g/mol. The van der Waals surface area contributed by atoms with Crippen LogP contribution in [0, 0.1) is 0 Å². The summed E-state index contributed by atoms with van der Waals surface area (Å²) in [7, 11) is 1.84. The maximum Gasteiger partial charge on any atom is 0.237 e. The van der Waals surface area contributed by atoms with Crippen LogP contribution in [0.3, 0.4) is 0 Å². The highest BCUT2D eigenvalue weighted by Gasteiger charge is 2.18. The highest BCUT2D eigenvalue weighted by atomic mass is 35.5. The first kappa shape index (κ1) is 23.7. The maximum atomic E-state index is 12.3. The fourth-order valence-electron chi connectivity index (χ4n) is 2.78. The molecule has 3 aromatic rings. The molecule has 0 spiro atoms. The molecular formula is C19H26Cl2N6O. The van der Waals surface area contributed by atoms with E-state index in [4.69, 9.17) is 5.73 Å². The van der Waals surface area contributed by atoms with Gasteiger partial charge in [0, 0.05) is 38.0 Å². The summed E-state index contributed by atoms with van der Waals surface area (Å²) >= 11 is 0. The molecule has 3 rings (SSSR count). The second-order valence-electron chi connectivity index (χ2n) is 6.51. The Morgan fingerprint density at radius 1 is 1.21 bits per heavy atom. The minimum atomic E-state index is -0.644. The van der Waals surface area contributed by atoms with Gasteiger partial charge in [-0.05, 0) is 12.5 Å². The molecule has 2 aromatic heterocycles. The van der Waals surface area contributed by atoms with Gasteiger partial charge in [0.2, 0.25) is 5.91 Å². The molecule has 2 heterocycles. The van der Waals surface area contributed by atoms with E-state index in [1.807, 2.05) is 49.1 Å². The van der Waals surface area contributed by atoms with Crippen molar-refractivity contribution in [1.82, 2.24) is 24.6 Å². The van der Waals surface area contributed by atoms with Crippen LogP contribution in [0.2, 0.25) is 0 Å². The Balaban J connectivity index is 0.00000196. The summed E-state index contributed by atoms with van der Waals surface area (Å²) in [6.45, 7) is 2.66. The quantitative estimate of drug-likeness (QED) is 0.608. The Bertz CT molecular complexity index is 864. The number of aromatic nitrogens is 4. The summed E-state index contributed by atoms with van der Waals surface area (Å²) in [4.78, 5) is 16.7. The van der Waals surface area contributed by atoms with Crippen molar-refractivity contribution in [2.75, 3.05) is 0 Å². The zero-order chi connectivity index (χ0) is 18.5. The minimum absolute atomic E-state index is 0. The standard InChI is InChI=1S/C19H24N6O.2ClH/c1-14(16-9-22-24(2)11-16)23-19(26)18(20)8-17-12-25(13-21-17)10-15-6-4-3-5-7-15;;/h3-7,9,11-14,18H,8,10,20H2,1-2H3,(H,23,26);2*1H/t14?,18-;;/m0../s1. The number of hydrogen-bond acceptors (Lipinski definition) is 4. The van der Waals surface area contributed by atoms with E-state index < -0.39 is 6.04 Å². The van der Waals surface area contributed by atoms with Crippen molar-refractivity contribution in [2.45, 2.75) is 32.0 Å². The van der Waals surface area contributed by atoms with Gasteiger partial charge in [0.15, 0.2) is 0 Å². The molecule has 0 aliphatic heterocycles. The number of imidazole rings is 1. The first-order chi connectivity index (χ1) is 12.5. The summed E-state index contributed by atoms with van der Waals surface area (Å²) in [5.41, 5.74) is 9.01. The Morgan fingerprint density at radius 3 is 2.57 bits per heavy atom. The van der Waals surface area contributed by atoms with Gasteiger partial charge in [0.1, 0.15) is 0 Å². The van der Waals surface area contributed by atoms with Crippen molar-refractivity contribution in [2.24, 2.45) is 12.8 Å². The van der Waals surface area contributed by atoms with Gasteiger partial charge in [0.05, 0.1) is 30.3 Å². The predicted molar refractivity (Wildman–Crippen MR) is 114 cm³/mol. The van der Waals surface area contributed by atoms with E-state index in [-0.39, 0.29) is 36.8 Å². The lowest BCUT2D eigenvalue weighted by atomic mass is 10.1. The fraction of sp³-hybridized carbons (Fsp3) is 0.316. The number of rotatable bonds is 7. The Morgan fingerprint density at radius 2 is 1.93 bits per heavy atom. The highest BCUT2D eigenvalue weighted by molar-refractivity contribution is 5.85. The van der Waals surface area contributed by atoms with Crippen molar-refractivity contribution < 1.29 is 4.79 Å². The number of nitrogens with zero attached hydrogens (tertiary/aromatic N) is 4. The van der Waals surface area contributed by atoms with Crippen LogP contribution in [0.25, 0.3) is 0 Å². The number of carbonyl (C=O) groups excluding carboxylic acids is 1. The molecule has 0 bridgehead atoms. The third kappa shape index (κ3) is 6.37. The predicted octanol–water partition coefficient (Wildman–Crippen LogP) is 2.26. The smallest absolute Gasteiger partial charge is 0.237 e. The average Bonchev–Trinajstić information content (AvgIpc) is 3.24. The molecule has 0 aliphatic carbocycles. The van der Waals surface area contributed by atoms with Crippen LogP contribution >= 0.6 is 24.8 Å². The van der Waals surface area contributed by atoms with Crippen LogP contribution in [-0.2, 0) is 24.8 Å². The van der Waals surface area contributed by atoms with E-state index in [0.717, 1.165) is 17.8 Å². The average molecular weight is 425 g/mol. The maximum absolute atomic E-state index is 12.3. The molecule has 0 saturated heterocycles. The summed E-state index contributed by atoms with van der Waals surface area (Å²) < 4.78 is 3.70. The van der Waals surface area contributed by atoms with E-state index in [1.54, 1.807) is 17.2 Å². The largest absolute Gasteiger partial charge is 0.348 e. The van der Waals surface area contributed by atoms with Gasteiger partial charge in [-0.25, -0.2) is 4.98 Å². The first-order valence-electron chi connectivity index (χ1n) is 8.60. The molecule has 1 amide bonds. The normalized spacial score (nSPS) is 12.4. The lowest BCUT2D eigenvalue weighted by Crippen LogP contribution is -2.43. The molecule has 9 heteroatoms. The van der Waals surface area contributed by atoms with Gasteiger partial charge >= 0.3 is 0 Å². The van der Waals surface area contributed by atoms with E-state index >= 15 is 0 Å². The summed E-state index contributed by atoms with van der Waals surface area (Å²) in [6, 6.07) is 9.37. The summed E-state index contributed by atoms with van der Waals surface area (Å²) in [5.74, 6) is -0.195. The van der Waals surface area contributed by atoms with Gasteiger partial charge < -0.3 is 15.6 Å². The third-order valence-corrected chi connectivity index (χ3v) is 4.24. The van der Waals surface area contributed by atoms with E-state index in [2.05, 4.69) is 27.5 Å². The number of nitrogens with one attached hydrogen (secondary N) is 1. The van der Waals surface area contributed by atoms with Crippen molar-refractivity contribution in [1.29, 1.82) is 0 Å². The van der Waals surface area contributed by atoms with Crippen molar-refractivity contribution in [3.05, 3.63) is 72.1 Å². The van der Waals surface area contributed by atoms with Crippen molar-refractivity contribution in [3.8, 4) is 0 Å². The van der Waals surface area contributed by atoms with Crippen LogP contribution in [-0.4, -0.2) is 31.3 Å². The number of amides is 1. The topological polar surface area (TPSA) is 90.8 Å². The minimum Gasteiger partial charge on any atom is -0.348 e. The van der Waals surface area contributed by atoms with Gasteiger partial charge in [-0.2, -0.15) is 5.10 Å². The van der Waals surface area contributed by atoms with E-state index in [1.165, 1.54) is 5.56 Å². The Kier molecular flexibility index (Phi) is 9.18. The molecule has 0 radical (unpaired) electrons. The van der Waals surface area contributed by atoms with Gasteiger partial charge in [-0.15, -0.1) is 24.8 Å². The Labute approximate surface area is 177 Å². The molecule has 0 saturated carbocycles. The Hall–Kier alpha value is -2.35. The number of hydrogen-bond donors (Lipinski definition) is 2. The molecule has 2 atom stereocenters. The van der Waals surface area contributed by atoms with Gasteiger partial charge in [-0.3, -0.25) is 9.48 Å². The SMILES string of the molecule is CC(NC(=O)[C@@H](N)Cc1cn(Cc2ccccc2)cn1)c1cnn(C)c1.Cl.Cl. The molecule has 0 fully saturated rings. The van der Waals surface area contributed by atoms with Crippen LogP contribution in [0.1, 0.15) is 29.8 Å². The van der Waals surface area contributed by atoms with Gasteiger partial charge in [0.25, 0.3) is 0 Å². The van der Waals surface area contributed by atoms with Gasteiger partial charge in [-0.1, -0.05) is 30.3 Å².